The number of likely N-dealkylation sites (tertiary alicyclic amines) is 1. The van der Waals surface area contributed by atoms with Gasteiger partial charge < -0.3 is 10.2 Å². The smallest absolute Gasteiger partial charge is 0.237 e. The van der Waals surface area contributed by atoms with Gasteiger partial charge >= 0.3 is 0 Å². The SMILES string of the molecule is C[C@@H]1CCC[C@H](C)N1C(=O)CNC(C)(C)C. The van der Waals surface area contributed by atoms with Gasteiger partial charge in [-0.1, -0.05) is 0 Å². The molecule has 16 heavy (non-hydrogen) atoms. The summed E-state index contributed by atoms with van der Waals surface area (Å²) in [4.78, 5) is 14.2. The minimum Gasteiger partial charge on any atom is -0.336 e. The van der Waals surface area contributed by atoms with Crippen LogP contribution in [0.15, 0.2) is 0 Å². The second-order valence-electron chi connectivity index (χ2n) is 6.03. The molecule has 0 aliphatic carbocycles. The van der Waals surface area contributed by atoms with E-state index < -0.39 is 0 Å². The van der Waals surface area contributed by atoms with Crippen LogP contribution in [0, 0.1) is 0 Å². The molecule has 2 atom stereocenters. The number of rotatable bonds is 2. The number of hydrogen-bond acceptors (Lipinski definition) is 2. The Morgan fingerprint density at radius 3 is 2.19 bits per heavy atom. The second-order valence-corrected chi connectivity index (χ2v) is 6.03. The summed E-state index contributed by atoms with van der Waals surface area (Å²) < 4.78 is 0. The average molecular weight is 226 g/mol. The molecule has 1 aliphatic rings. The van der Waals surface area contributed by atoms with Crippen molar-refractivity contribution in [3.63, 3.8) is 0 Å². The normalized spacial score (nSPS) is 26.9. The Balaban J connectivity index is 2.51. The van der Waals surface area contributed by atoms with Crippen LogP contribution in [-0.2, 0) is 4.79 Å². The van der Waals surface area contributed by atoms with E-state index in [0.717, 1.165) is 12.8 Å². The maximum absolute atomic E-state index is 12.1. The average Bonchev–Trinajstić information content (AvgIpc) is 2.13. The monoisotopic (exact) mass is 226 g/mol. The first-order chi connectivity index (χ1) is 7.31. The molecule has 0 aromatic carbocycles. The fourth-order valence-electron chi connectivity index (χ4n) is 2.34. The highest BCUT2D eigenvalue weighted by Gasteiger charge is 2.28. The van der Waals surface area contributed by atoms with Gasteiger partial charge in [-0.05, 0) is 53.9 Å². The van der Waals surface area contributed by atoms with Crippen LogP contribution in [0.3, 0.4) is 0 Å². The molecule has 1 fully saturated rings. The van der Waals surface area contributed by atoms with Gasteiger partial charge in [-0.2, -0.15) is 0 Å². The van der Waals surface area contributed by atoms with Crippen molar-refractivity contribution in [3.8, 4) is 0 Å². The van der Waals surface area contributed by atoms with Gasteiger partial charge in [-0.3, -0.25) is 4.79 Å². The summed E-state index contributed by atoms with van der Waals surface area (Å²) in [5.74, 6) is 0.245. The summed E-state index contributed by atoms with van der Waals surface area (Å²) >= 11 is 0. The minimum absolute atomic E-state index is 0.0118. The van der Waals surface area contributed by atoms with Crippen LogP contribution >= 0.6 is 0 Å². The summed E-state index contributed by atoms with van der Waals surface area (Å²) in [5.41, 5.74) is 0.0118. The highest BCUT2D eigenvalue weighted by atomic mass is 16.2. The van der Waals surface area contributed by atoms with E-state index in [1.165, 1.54) is 6.42 Å². The van der Waals surface area contributed by atoms with Crippen molar-refractivity contribution in [2.45, 2.75) is 71.5 Å². The van der Waals surface area contributed by atoms with E-state index in [-0.39, 0.29) is 11.4 Å². The van der Waals surface area contributed by atoms with E-state index in [4.69, 9.17) is 0 Å². The Bertz CT molecular complexity index is 235. The van der Waals surface area contributed by atoms with E-state index in [1.807, 2.05) is 0 Å². The Hall–Kier alpha value is -0.570. The zero-order valence-electron chi connectivity index (χ0n) is 11.3. The van der Waals surface area contributed by atoms with E-state index in [2.05, 4.69) is 44.8 Å². The molecule has 0 aromatic rings. The van der Waals surface area contributed by atoms with Gasteiger partial charge in [-0.15, -0.1) is 0 Å². The maximum Gasteiger partial charge on any atom is 0.237 e. The molecular formula is C13H26N2O. The molecular weight excluding hydrogens is 200 g/mol. The summed E-state index contributed by atoms with van der Waals surface area (Å²) in [6, 6.07) is 0.802. The lowest BCUT2D eigenvalue weighted by atomic mass is 9.97. The van der Waals surface area contributed by atoms with Gasteiger partial charge in [0.25, 0.3) is 0 Å². The number of nitrogens with zero attached hydrogens (tertiary/aromatic N) is 1. The molecule has 0 aromatic heterocycles. The van der Waals surface area contributed by atoms with Crippen LogP contribution in [0.2, 0.25) is 0 Å². The number of amides is 1. The minimum atomic E-state index is 0.0118. The standard InChI is InChI=1S/C13H26N2O/c1-10-7-6-8-11(2)15(10)12(16)9-14-13(3,4)5/h10-11,14H,6-9H2,1-5H3/t10-,11+. The van der Waals surface area contributed by atoms with E-state index in [0.29, 0.717) is 18.6 Å². The van der Waals surface area contributed by atoms with Crippen molar-refractivity contribution in [3.05, 3.63) is 0 Å². The number of carbonyl (C=O) groups excluding carboxylic acids is 1. The van der Waals surface area contributed by atoms with Gasteiger partial charge in [0.05, 0.1) is 6.54 Å². The molecule has 1 rings (SSSR count). The third kappa shape index (κ3) is 3.78. The highest BCUT2D eigenvalue weighted by molar-refractivity contribution is 5.79. The second kappa shape index (κ2) is 5.17. The van der Waals surface area contributed by atoms with Crippen molar-refractivity contribution < 1.29 is 4.79 Å². The van der Waals surface area contributed by atoms with E-state index in [1.54, 1.807) is 0 Å². The lowest BCUT2D eigenvalue weighted by Gasteiger charge is -2.39. The molecule has 0 spiro atoms. The third-order valence-corrected chi connectivity index (χ3v) is 3.25. The number of carbonyl (C=O) groups is 1. The molecule has 3 heteroatoms. The van der Waals surface area contributed by atoms with Crippen LogP contribution in [0.1, 0.15) is 53.9 Å². The first kappa shape index (κ1) is 13.5. The fraction of sp³-hybridized carbons (Fsp3) is 0.923. The van der Waals surface area contributed by atoms with E-state index >= 15 is 0 Å². The van der Waals surface area contributed by atoms with E-state index in [9.17, 15) is 4.79 Å². The third-order valence-electron chi connectivity index (χ3n) is 3.25. The lowest BCUT2D eigenvalue weighted by Crippen LogP contribution is -2.52. The van der Waals surface area contributed by atoms with Crippen molar-refractivity contribution in [1.29, 1.82) is 0 Å². The summed E-state index contributed by atoms with van der Waals surface area (Å²) in [6.07, 6.45) is 3.54. The van der Waals surface area contributed by atoms with Crippen LogP contribution < -0.4 is 5.32 Å². The van der Waals surface area contributed by atoms with Crippen LogP contribution in [-0.4, -0.2) is 35.0 Å². The quantitative estimate of drug-likeness (QED) is 0.782. The Morgan fingerprint density at radius 2 is 1.75 bits per heavy atom. The molecule has 1 amide bonds. The van der Waals surface area contributed by atoms with Crippen molar-refractivity contribution in [2.75, 3.05) is 6.54 Å². The van der Waals surface area contributed by atoms with Crippen molar-refractivity contribution in [1.82, 2.24) is 10.2 Å². The zero-order valence-corrected chi connectivity index (χ0v) is 11.3. The Labute approximate surface area is 99.6 Å². The fourth-order valence-corrected chi connectivity index (χ4v) is 2.34. The first-order valence-electron chi connectivity index (χ1n) is 6.37. The van der Waals surface area contributed by atoms with Gasteiger partial charge in [0.1, 0.15) is 0 Å². The largest absolute Gasteiger partial charge is 0.336 e. The maximum atomic E-state index is 12.1. The van der Waals surface area contributed by atoms with Gasteiger partial charge in [0, 0.05) is 17.6 Å². The van der Waals surface area contributed by atoms with Crippen LogP contribution in [0.25, 0.3) is 0 Å². The van der Waals surface area contributed by atoms with Gasteiger partial charge in [0.2, 0.25) is 5.91 Å². The summed E-state index contributed by atoms with van der Waals surface area (Å²) in [7, 11) is 0. The lowest BCUT2D eigenvalue weighted by molar-refractivity contribution is -0.136. The molecule has 1 N–H and O–H groups in total. The predicted octanol–water partition coefficient (Wildman–Crippen LogP) is 2.16. The Kier molecular flexibility index (Phi) is 4.36. The Morgan fingerprint density at radius 1 is 1.25 bits per heavy atom. The molecule has 0 bridgehead atoms. The topological polar surface area (TPSA) is 32.3 Å². The molecule has 3 nitrogen and oxygen atoms in total. The molecule has 94 valence electrons. The molecule has 0 unspecified atom stereocenters. The number of hydrogen-bond donors (Lipinski definition) is 1. The van der Waals surface area contributed by atoms with Gasteiger partial charge in [-0.25, -0.2) is 0 Å². The van der Waals surface area contributed by atoms with Gasteiger partial charge in [0.15, 0.2) is 0 Å². The first-order valence-corrected chi connectivity index (χ1v) is 6.37. The molecule has 0 saturated carbocycles. The number of nitrogens with one attached hydrogen (secondary N) is 1. The van der Waals surface area contributed by atoms with Crippen molar-refractivity contribution in [2.24, 2.45) is 0 Å². The van der Waals surface area contributed by atoms with Crippen molar-refractivity contribution >= 4 is 5.91 Å². The molecule has 1 saturated heterocycles. The predicted molar refractivity (Wildman–Crippen MR) is 67.4 cm³/mol. The highest BCUT2D eigenvalue weighted by Crippen LogP contribution is 2.22. The molecule has 0 radical (unpaired) electrons. The van der Waals surface area contributed by atoms with Crippen LogP contribution in [0.4, 0.5) is 0 Å². The van der Waals surface area contributed by atoms with Crippen LogP contribution in [0.5, 0.6) is 0 Å². The summed E-state index contributed by atoms with van der Waals surface area (Å²) in [6.45, 7) is 11.0. The molecule has 1 aliphatic heterocycles. The summed E-state index contributed by atoms with van der Waals surface area (Å²) in [5, 5.41) is 3.27. The molecule has 1 heterocycles. The zero-order chi connectivity index (χ0) is 12.3. The number of piperidine rings is 1.